The molecule has 0 unspecified atom stereocenters. The van der Waals surface area contributed by atoms with Gasteiger partial charge in [0.25, 0.3) is 0 Å². The Kier molecular flexibility index (Phi) is 6.69. The number of pyridine rings is 2. The van der Waals surface area contributed by atoms with E-state index in [1.54, 1.807) is 18.2 Å². The van der Waals surface area contributed by atoms with Crippen LogP contribution in [0.2, 0.25) is 0 Å². The molecule has 0 aliphatic rings. The van der Waals surface area contributed by atoms with E-state index in [1.807, 2.05) is 32.0 Å². The van der Waals surface area contributed by atoms with Crippen LogP contribution in [0.15, 0.2) is 42.6 Å². The lowest BCUT2D eigenvalue weighted by Crippen LogP contribution is -2.10. The SMILES string of the molecule is CCCOC(=O)c1cnc2nc(C)ccc2c1Nc1cccc(C#N)c1.Cl. The van der Waals surface area contributed by atoms with Crippen molar-refractivity contribution in [3.63, 3.8) is 0 Å². The Labute approximate surface area is 163 Å². The molecule has 2 heterocycles. The lowest BCUT2D eigenvalue weighted by atomic mass is 10.1. The Balaban J connectivity index is 0.00000261. The number of nitrogens with zero attached hydrogens (tertiary/aromatic N) is 3. The summed E-state index contributed by atoms with van der Waals surface area (Å²) >= 11 is 0. The number of hydrogen-bond donors (Lipinski definition) is 1. The van der Waals surface area contributed by atoms with Crippen molar-refractivity contribution in [3.05, 3.63) is 59.4 Å². The largest absolute Gasteiger partial charge is 0.462 e. The molecule has 0 saturated heterocycles. The quantitative estimate of drug-likeness (QED) is 0.651. The number of benzene rings is 1. The maximum Gasteiger partial charge on any atom is 0.341 e. The van der Waals surface area contributed by atoms with Crippen molar-refractivity contribution in [3.8, 4) is 6.07 Å². The van der Waals surface area contributed by atoms with E-state index in [9.17, 15) is 4.79 Å². The molecule has 0 radical (unpaired) electrons. The molecule has 6 nitrogen and oxygen atoms in total. The summed E-state index contributed by atoms with van der Waals surface area (Å²) in [6.45, 7) is 4.16. The Morgan fingerprint density at radius 1 is 1.30 bits per heavy atom. The van der Waals surface area contributed by atoms with Gasteiger partial charge in [0, 0.05) is 23.0 Å². The number of ether oxygens (including phenoxy) is 1. The summed E-state index contributed by atoms with van der Waals surface area (Å²) in [4.78, 5) is 21.2. The van der Waals surface area contributed by atoms with Gasteiger partial charge in [0.15, 0.2) is 5.65 Å². The summed E-state index contributed by atoms with van der Waals surface area (Å²) < 4.78 is 5.28. The normalized spacial score (nSPS) is 9.96. The van der Waals surface area contributed by atoms with Crippen LogP contribution in [0.25, 0.3) is 11.0 Å². The molecule has 3 rings (SSSR count). The first-order chi connectivity index (χ1) is 12.6. The highest BCUT2D eigenvalue weighted by Gasteiger charge is 2.18. The molecule has 1 aromatic carbocycles. The van der Waals surface area contributed by atoms with Gasteiger partial charge in [0.1, 0.15) is 5.56 Å². The zero-order valence-corrected chi connectivity index (χ0v) is 15.8. The van der Waals surface area contributed by atoms with Gasteiger partial charge in [-0.25, -0.2) is 14.8 Å². The van der Waals surface area contributed by atoms with Crippen molar-refractivity contribution >= 4 is 40.8 Å². The fourth-order valence-corrected chi connectivity index (χ4v) is 2.54. The van der Waals surface area contributed by atoms with E-state index in [4.69, 9.17) is 10.00 Å². The number of aromatic nitrogens is 2. The summed E-state index contributed by atoms with van der Waals surface area (Å²) in [7, 11) is 0. The van der Waals surface area contributed by atoms with Gasteiger partial charge in [-0.1, -0.05) is 13.0 Å². The van der Waals surface area contributed by atoms with Crippen LogP contribution in [0.4, 0.5) is 11.4 Å². The fourth-order valence-electron chi connectivity index (χ4n) is 2.54. The second-order valence-electron chi connectivity index (χ2n) is 5.82. The van der Waals surface area contributed by atoms with Crippen molar-refractivity contribution in [1.29, 1.82) is 5.26 Å². The van der Waals surface area contributed by atoms with Crippen LogP contribution in [-0.4, -0.2) is 22.5 Å². The average Bonchev–Trinajstić information content (AvgIpc) is 2.66. The number of nitriles is 1. The van der Waals surface area contributed by atoms with E-state index < -0.39 is 5.97 Å². The van der Waals surface area contributed by atoms with Crippen molar-refractivity contribution in [2.24, 2.45) is 0 Å². The fraction of sp³-hybridized carbons (Fsp3) is 0.200. The Bertz CT molecular complexity index is 1010. The molecule has 0 atom stereocenters. The van der Waals surface area contributed by atoms with Gasteiger partial charge in [0.05, 0.1) is 23.9 Å². The third kappa shape index (κ3) is 4.52. The predicted octanol–water partition coefficient (Wildman–Crippen LogP) is 4.54. The summed E-state index contributed by atoms with van der Waals surface area (Å²) in [5.74, 6) is -0.444. The molecule has 0 aliphatic heterocycles. The number of nitrogens with one attached hydrogen (secondary N) is 1. The van der Waals surface area contributed by atoms with Crippen LogP contribution in [0.1, 0.15) is 35.0 Å². The number of fused-ring (bicyclic) bond motifs is 1. The van der Waals surface area contributed by atoms with Gasteiger partial charge >= 0.3 is 5.97 Å². The number of halogens is 1. The molecule has 7 heteroatoms. The zero-order chi connectivity index (χ0) is 18.5. The lowest BCUT2D eigenvalue weighted by molar-refractivity contribution is 0.0506. The second kappa shape index (κ2) is 8.97. The molecular weight excluding hydrogens is 364 g/mol. The Hall–Kier alpha value is -3.17. The molecule has 0 spiro atoms. The molecule has 0 saturated carbocycles. The third-order valence-electron chi connectivity index (χ3n) is 3.79. The molecule has 3 aromatic rings. The number of rotatable bonds is 5. The highest BCUT2D eigenvalue weighted by Crippen LogP contribution is 2.29. The standard InChI is InChI=1S/C20H18N4O2.ClH/c1-3-9-26-20(25)17-12-22-19-16(8-7-13(2)23-19)18(17)24-15-6-4-5-14(10-15)11-21;/h4-8,10,12H,3,9H2,1-2H3,(H,22,23,24);1H. The average molecular weight is 383 g/mol. The Morgan fingerprint density at radius 2 is 2.11 bits per heavy atom. The second-order valence-corrected chi connectivity index (χ2v) is 5.82. The van der Waals surface area contributed by atoms with E-state index in [0.29, 0.717) is 40.1 Å². The summed E-state index contributed by atoms with van der Waals surface area (Å²) in [6.07, 6.45) is 2.21. The van der Waals surface area contributed by atoms with Gasteiger partial charge < -0.3 is 10.1 Å². The number of esters is 1. The van der Waals surface area contributed by atoms with Crippen molar-refractivity contribution in [1.82, 2.24) is 9.97 Å². The third-order valence-corrected chi connectivity index (χ3v) is 3.79. The first-order valence-corrected chi connectivity index (χ1v) is 8.33. The molecule has 27 heavy (non-hydrogen) atoms. The van der Waals surface area contributed by atoms with E-state index in [-0.39, 0.29) is 12.4 Å². The van der Waals surface area contributed by atoms with Gasteiger partial charge in [-0.15, -0.1) is 12.4 Å². The predicted molar refractivity (Wildman–Crippen MR) is 107 cm³/mol. The van der Waals surface area contributed by atoms with Gasteiger partial charge in [-0.2, -0.15) is 5.26 Å². The topological polar surface area (TPSA) is 87.9 Å². The molecule has 0 aliphatic carbocycles. The number of carbonyl (C=O) groups is 1. The van der Waals surface area contributed by atoms with E-state index >= 15 is 0 Å². The molecular formula is C20H19ClN4O2. The van der Waals surface area contributed by atoms with Crippen LogP contribution in [0.5, 0.6) is 0 Å². The molecule has 0 bridgehead atoms. The van der Waals surface area contributed by atoms with Crippen LogP contribution in [0, 0.1) is 18.3 Å². The summed E-state index contributed by atoms with van der Waals surface area (Å²) in [6, 6.07) is 12.9. The first-order valence-electron chi connectivity index (χ1n) is 8.33. The van der Waals surface area contributed by atoms with Crippen molar-refractivity contribution in [2.75, 3.05) is 11.9 Å². The highest BCUT2D eigenvalue weighted by atomic mass is 35.5. The number of carbonyl (C=O) groups excluding carboxylic acids is 1. The van der Waals surface area contributed by atoms with Gasteiger partial charge in [-0.05, 0) is 43.7 Å². The van der Waals surface area contributed by atoms with Crippen LogP contribution >= 0.6 is 12.4 Å². The number of hydrogen-bond acceptors (Lipinski definition) is 6. The minimum absolute atomic E-state index is 0. The maximum absolute atomic E-state index is 12.5. The van der Waals surface area contributed by atoms with Crippen LogP contribution in [-0.2, 0) is 4.74 Å². The molecule has 138 valence electrons. The Morgan fingerprint density at radius 3 is 2.85 bits per heavy atom. The van der Waals surface area contributed by atoms with E-state index in [2.05, 4.69) is 21.4 Å². The zero-order valence-electron chi connectivity index (χ0n) is 15.0. The molecule has 1 N–H and O–H groups in total. The highest BCUT2D eigenvalue weighted by molar-refractivity contribution is 6.05. The monoisotopic (exact) mass is 382 g/mol. The first kappa shape index (κ1) is 20.1. The number of aryl methyl sites for hydroxylation is 1. The van der Waals surface area contributed by atoms with Crippen LogP contribution in [0.3, 0.4) is 0 Å². The van der Waals surface area contributed by atoms with E-state index in [1.165, 1.54) is 6.20 Å². The molecule has 0 amide bonds. The van der Waals surface area contributed by atoms with Crippen LogP contribution < -0.4 is 5.32 Å². The summed E-state index contributed by atoms with van der Waals surface area (Å²) in [5.41, 5.74) is 3.50. The maximum atomic E-state index is 12.5. The smallest absolute Gasteiger partial charge is 0.341 e. The van der Waals surface area contributed by atoms with Gasteiger partial charge in [-0.3, -0.25) is 0 Å². The van der Waals surface area contributed by atoms with E-state index in [0.717, 1.165) is 12.1 Å². The minimum atomic E-state index is -0.444. The van der Waals surface area contributed by atoms with Crippen molar-refractivity contribution < 1.29 is 9.53 Å². The lowest BCUT2D eigenvalue weighted by Gasteiger charge is -2.14. The van der Waals surface area contributed by atoms with Gasteiger partial charge in [0.2, 0.25) is 0 Å². The molecule has 2 aromatic heterocycles. The number of anilines is 2. The minimum Gasteiger partial charge on any atom is -0.462 e. The summed E-state index contributed by atoms with van der Waals surface area (Å²) in [5, 5.41) is 13.0. The van der Waals surface area contributed by atoms with Crippen molar-refractivity contribution in [2.45, 2.75) is 20.3 Å². The molecule has 0 fully saturated rings.